The first kappa shape index (κ1) is 24.9. The summed E-state index contributed by atoms with van der Waals surface area (Å²) in [5.41, 5.74) is 2.36. The number of carbonyl (C=O) groups is 1. The lowest BCUT2D eigenvalue weighted by Crippen LogP contribution is -2.23. The van der Waals surface area contributed by atoms with Gasteiger partial charge in [-0.2, -0.15) is 5.26 Å². The van der Waals surface area contributed by atoms with E-state index >= 15 is 0 Å². The Kier molecular flexibility index (Phi) is 9.01. The van der Waals surface area contributed by atoms with Crippen molar-refractivity contribution < 1.29 is 14.3 Å². The van der Waals surface area contributed by atoms with Crippen LogP contribution in [0, 0.1) is 14.9 Å². The Hall–Kier alpha value is -2.73. The number of rotatable bonds is 8. The van der Waals surface area contributed by atoms with E-state index in [2.05, 4.69) is 27.9 Å². The molecule has 0 radical (unpaired) electrons. The number of ether oxygens (including phenoxy) is 2. The second kappa shape index (κ2) is 11.9. The van der Waals surface area contributed by atoms with Gasteiger partial charge in [-0.25, -0.2) is 0 Å². The number of methoxy groups -OCH3 is 1. The van der Waals surface area contributed by atoms with Crippen LogP contribution in [0.1, 0.15) is 16.7 Å². The standard InChI is InChI=1S/C25H19Cl2IN2O3/c1-32-23-11-17(9-19(13-29)25(31)30-14-16-5-3-2-4-6-16)10-22(28)24(23)33-15-18-7-8-20(26)12-21(18)27/h2-12H,14-15H2,1H3,(H,30,31)/b19-9+. The van der Waals surface area contributed by atoms with Crippen LogP contribution in [-0.2, 0) is 17.9 Å². The zero-order chi connectivity index (χ0) is 23.8. The first-order valence-corrected chi connectivity index (χ1v) is 11.6. The van der Waals surface area contributed by atoms with E-state index in [0.717, 1.165) is 14.7 Å². The number of halogens is 3. The van der Waals surface area contributed by atoms with Crippen LogP contribution in [-0.4, -0.2) is 13.0 Å². The largest absolute Gasteiger partial charge is 0.493 e. The lowest BCUT2D eigenvalue weighted by Gasteiger charge is -2.14. The third-order valence-corrected chi connectivity index (χ3v) is 6.00. The fraction of sp³-hybridized carbons (Fsp3) is 0.120. The van der Waals surface area contributed by atoms with Crippen LogP contribution < -0.4 is 14.8 Å². The highest BCUT2D eigenvalue weighted by Gasteiger charge is 2.15. The molecule has 0 bridgehead atoms. The van der Waals surface area contributed by atoms with Crippen molar-refractivity contribution in [1.29, 1.82) is 5.26 Å². The molecule has 1 N–H and O–H groups in total. The molecule has 0 saturated heterocycles. The van der Waals surface area contributed by atoms with Gasteiger partial charge in [0, 0.05) is 22.2 Å². The predicted octanol–water partition coefficient (Wildman–Crippen LogP) is 6.41. The van der Waals surface area contributed by atoms with Gasteiger partial charge in [-0.15, -0.1) is 0 Å². The summed E-state index contributed by atoms with van der Waals surface area (Å²) in [5.74, 6) is 0.557. The van der Waals surface area contributed by atoms with Gasteiger partial charge in [0.1, 0.15) is 18.2 Å². The third-order valence-electron chi connectivity index (χ3n) is 4.61. The monoisotopic (exact) mass is 592 g/mol. The zero-order valence-electron chi connectivity index (χ0n) is 17.6. The van der Waals surface area contributed by atoms with Gasteiger partial charge in [0.2, 0.25) is 0 Å². The maximum absolute atomic E-state index is 12.5. The first-order valence-electron chi connectivity index (χ1n) is 9.79. The lowest BCUT2D eigenvalue weighted by molar-refractivity contribution is -0.117. The Balaban J connectivity index is 1.77. The zero-order valence-corrected chi connectivity index (χ0v) is 21.2. The molecule has 3 rings (SSSR count). The van der Waals surface area contributed by atoms with Gasteiger partial charge >= 0.3 is 0 Å². The third kappa shape index (κ3) is 6.87. The van der Waals surface area contributed by atoms with E-state index in [9.17, 15) is 10.1 Å². The van der Waals surface area contributed by atoms with Gasteiger partial charge in [0.05, 0.1) is 10.7 Å². The van der Waals surface area contributed by atoms with Crippen molar-refractivity contribution in [3.63, 3.8) is 0 Å². The Morgan fingerprint density at radius 3 is 2.58 bits per heavy atom. The minimum Gasteiger partial charge on any atom is -0.493 e. The summed E-state index contributed by atoms with van der Waals surface area (Å²) >= 11 is 14.3. The van der Waals surface area contributed by atoms with Crippen molar-refractivity contribution >= 4 is 57.8 Å². The van der Waals surface area contributed by atoms with Crippen LogP contribution in [0.4, 0.5) is 0 Å². The van der Waals surface area contributed by atoms with E-state index < -0.39 is 5.91 Å². The minimum absolute atomic E-state index is 0.00889. The number of carbonyl (C=O) groups excluding carboxylic acids is 1. The van der Waals surface area contributed by atoms with E-state index in [1.54, 1.807) is 24.3 Å². The Morgan fingerprint density at radius 2 is 1.91 bits per heavy atom. The molecule has 8 heteroatoms. The van der Waals surface area contributed by atoms with E-state index in [1.807, 2.05) is 42.5 Å². The number of benzene rings is 3. The summed E-state index contributed by atoms with van der Waals surface area (Å²) < 4.78 is 12.2. The van der Waals surface area contributed by atoms with Crippen molar-refractivity contribution in [2.24, 2.45) is 0 Å². The second-order valence-corrected chi connectivity index (χ2v) is 8.90. The quantitative estimate of drug-likeness (QED) is 0.186. The SMILES string of the molecule is COc1cc(/C=C(\C#N)C(=O)NCc2ccccc2)cc(I)c1OCc1ccc(Cl)cc1Cl. The van der Waals surface area contributed by atoms with Gasteiger partial charge in [-0.1, -0.05) is 59.6 Å². The summed E-state index contributed by atoms with van der Waals surface area (Å²) in [4.78, 5) is 12.5. The normalized spacial score (nSPS) is 10.9. The van der Waals surface area contributed by atoms with Crippen molar-refractivity contribution in [3.05, 3.63) is 96.5 Å². The molecular weight excluding hydrogens is 574 g/mol. The van der Waals surface area contributed by atoms with Crippen molar-refractivity contribution in [1.82, 2.24) is 5.32 Å². The van der Waals surface area contributed by atoms with Gasteiger partial charge in [0.15, 0.2) is 11.5 Å². The predicted molar refractivity (Wildman–Crippen MR) is 138 cm³/mol. The Bertz CT molecular complexity index is 1220. The molecule has 168 valence electrons. The number of nitriles is 1. The fourth-order valence-electron chi connectivity index (χ4n) is 2.94. The number of nitrogens with one attached hydrogen (secondary N) is 1. The summed E-state index contributed by atoms with van der Waals surface area (Å²) in [6.07, 6.45) is 1.52. The van der Waals surface area contributed by atoms with Crippen LogP contribution in [0.25, 0.3) is 6.08 Å². The molecule has 0 aliphatic heterocycles. The van der Waals surface area contributed by atoms with Crippen LogP contribution in [0.15, 0.2) is 66.2 Å². The van der Waals surface area contributed by atoms with E-state index in [0.29, 0.717) is 33.7 Å². The summed E-state index contributed by atoms with van der Waals surface area (Å²) in [6.45, 7) is 0.558. The number of hydrogen-bond acceptors (Lipinski definition) is 4. The molecule has 0 aliphatic rings. The number of hydrogen-bond donors (Lipinski definition) is 1. The van der Waals surface area contributed by atoms with Crippen LogP contribution in [0.5, 0.6) is 11.5 Å². The van der Waals surface area contributed by atoms with E-state index in [1.165, 1.54) is 13.2 Å². The van der Waals surface area contributed by atoms with Gasteiger partial charge in [0.25, 0.3) is 5.91 Å². The highest BCUT2D eigenvalue weighted by Crippen LogP contribution is 2.35. The molecule has 0 atom stereocenters. The molecule has 5 nitrogen and oxygen atoms in total. The molecule has 0 fully saturated rings. The number of nitrogens with zero attached hydrogens (tertiary/aromatic N) is 1. The van der Waals surface area contributed by atoms with E-state index in [4.69, 9.17) is 32.7 Å². The second-order valence-electron chi connectivity index (χ2n) is 6.90. The average molecular weight is 593 g/mol. The fourth-order valence-corrected chi connectivity index (χ4v) is 4.18. The van der Waals surface area contributed by atoms with Gasteiger partial charge in [-0.3, -0.25) is 4.79 Å². The summed E-state index contributed by atoms with van der Waals surface area (Å²) in [5, 5.41) is 13.3. The molecule has 0 aromatic heterocycles. The molecule has 0 spiro atoms. The molecular formula is C25H19Cl2IN2O3. The number of amides is 1. The molecule has 0 heterocycles. The summed E-state index contributed by atoms with van der Waals surface area (Å²) in [7, 11) is 1.53. The maximum Gasteiger partial charge on any atom is 0.262 e. The molecule has 33 heavy (non-hydrogen) atoms. The molecule has 0 aliphatic carbocycles. The lowest BCUT2D eigenvalue weighted by atomic mass is 10.1. The van der Waals surface area contributed by atoms with Crippen LogP contribution >= 0.6 is 45.8 Å². The van der Waals surface area contributed by atoms with Crippen LogP contribution in [0.3, 0.4) is 0 Å². The smallest absolute Gasteiger partial charge is 0.262 e. The molecule has 1 amide bonds. The minimum atomic E-state index is -0.451. The van der Waals surface area contributed by atoms with Crippen molar-refractivity contribution in [2.45, 2.75) is 13.2 Å². The maximum atomic E-state index is 12.5. The average Bonchev–Trinajstić information content (AvgIpc) is 2.81. The van der Waals surface area contributed by atoms with E-state index in [-0.39, 0.29) is 12.2 Å². The highest BCUT2D eigenvalue weighted by atomic mass is 127. The van der Waals surface area contributed by atoms with Gasteiger partial charge in [-0.05, 0) is 64.1 Å². The van der Waals surface area contributed by atoms with Crippen molar-refractivity contribution in [2.75, 3.05) is 7.11 Å². The Morgan fingerprint density at radius 1 is 1.15 bits per heavy atom. The molecule has 0 saturated carbocycles. The molecule has 3 aromatic carbocycles. The highest BCUT2D eigenvalue weighted by molar-refractivity contribution is 14.1. The summed E-state index contributed by atoms with van der Waals surface area (Å²) in [6, 6.07) is 20.2. The van der Waals surface area contributed by atoms with Crippen LogP contribution in [0.2, 0.25) is 10.0 Å². The molecule has 0 unspecified atom stereocenters. The Labute approximate surface area is 216 Å². The van der Waals surface area contributed by atoms with Crippen molar-refractivity contribution in [3.8, 4) is 17.6 Å². The topological polar surface area (TPSA) is 71.3 Å². The van der Waals surface area contributed by atoms with Gasteiger partial charge < -0.3 is 14.8 Å². The first-order chi connectivity index (χ1) is 15.9. The molecule has 3 aromatic rings.